The number of nitrogens with one attached hydrogen (secondary N) is 2. The molecule has 3 heterocycles. The van der Waals surface area contributed by atoms with Crippen LogP contribution in [0.5, 0.6) is 0 Å². The van der Waals surface area contributed by atoms with Crippen molar-refractivity contribution in [3.05, 3.63) is 64.8 Å². The minimum atomic E-state index is -4.73. The molecular weight excluding hydrogens is 650 g/mol. The number of urea groups is 1. The Kier molecular flexibility index (Phi) is 10.4. The van der Waals surface area contributed by atoms with Gasteiger partial charge < -0.3 is 30.7 Å². The second-order valence-electron chi connectivity index (χ2n) is 11.4. The first kappa shape index (κ1) is 34.8. The highest BCUT2D eigenvalue weighted by Gasteiger charge is 2.39. The molecule has 3 aromatic rings. The molecule has 2 aliphatic rings. The molecule has 17 heteroatoms. The summed E-state index contributed by atoms with van der Waals surface area (Å²) in [7, 11) is 1.42. The lowest BCUT2D eigenvalue weighted by Crippen LogP contribution is -2.57. The van der Waals surface area contributed by atoms with Crippen LogP contribution in [-0.2, 0) is 19.8 Å². The summed E-state index contributed by atoms with van der Waals surface area (Å²) in [5.74, 6) is -1.16. The van der Waals surface area contributed by atoms with Gasteiger partial charge in [-0.1, -0.05) is 23.8 Å². The van der Waals surface area contributed by atoms with Crippen molar-refractivity contribution in [3.8, 4) is 11.3 Å². The molecule has 0 radical (unpaired) electrons. The number of benzene rings is 1. The first-order chi connectivity index (χ1) is 21.2. The van der Waals surface area contributed by atoms with E-state index in [4.69, 9.17) is 17.3 Å². The van der Waals surface area contributed by atoms with Gasteiger partial charge in [0.05, 0.1) is 34.6 Å². The number of halogens is 5. The number of hydrogen-bond acceptors (Lipinski definition) is 6. The van der Waals surface area contributed by atoms with Crippen LogP contribution in [0.4, 0.5) is 23.7 Å². The molecule has 5 rings (SSSR count). The minimum Gasteiger partial charge on any atom is -0.335 e. The van der Waals surface area contributed by atoms with E-state index in [9.17, 15) is 27.6 Å². The quantitative estimate of drug-likeness (QED) is 0.319. The molecule has 0 unspecified atom stereocenters. The van der Waals surface area contributed by atoms with Crippen molar-refractivity contribution in [2.45, 2.75) is 44.6 Å². The third-order valence-corrected chi connectivity index (χ3v) is 8.06. The van der Waals surface area contributed by atoms with E-state index >= 15 is 0 Å². The Balaban J connectivity index is 0.00000480. The number of anilines is 1. The van der Waals surface area contributed by atoms with Gasteiger partial charge in [-0.15, -0.1) is 12.4 Å². The van der Waals surface area contributed by atoms with Crippen LogP contribution < -0.4 is 16.4 Å². The van der Waals surface area contributed by atoms with Crippen LogP contribution >= 0.6 is 24.0 Å². The number of nitrogens with two attached hydrogens (primary N) is 1. The zero-order valence-electron chi connectivity index (χ0n) is 25.1. The highest BCUT2D eigenvalue weighted by atomic mass is 35.5. The molecule has 1 aliphatic carbocycles. The standard InChI is InChI=1S/C29H33ClF3N9O3.ClH/c1-16(2)14-42-15-21(24(38-42)29(31,32)33)23-13-35-25(39(23)3)26(43)36-18-4-5-20(22(30)12-18)27(44)40-6-8-41(9-7-40)28(45)37-19-10-17(34)11-19;/h4-5,12-13,15,17,19H,1,6-11,14,34H2,2-3H3,(H,36,43)(H,37,45);1H. The maximum atomic E-state index is 13.8. The predicted molar refractivity (Wildman–Crippen MR) is 168 cm³/mol. The largest absolute Gasteiger partial charge is 0.435 e. The van der Waals surface area contributed by atoms with Crippen molar-refractivity contribution < 1.29 is 27.6 Å². The monoisotopic (exact) mass is 683 g/mol. The third kappa shape index (κ3) is 7.48. The maximum Gasteiger partial charge on any atom is 0.435 e. The van der Waals surface area contributed by atoms with Crippen molar-refractivity contribution in [1.29, 1.82) is 0 Å². The average molecular weight is 685 g/mol. The lowest BCUT2D eigenvalue weighted by molar-refractivity contribution is -0.141. The SMILES string of the molecule is C=C(C)Cn1cc(-c2cnc(C(=O)Nc3ccc(C(=O)N4CCN(C(=O)NC5CC(N)C5)CC4)c(Cl)c3)n2C)c(C(F)(F)F)n1.Cl. The van der Waals surface area contributed by atoms with Gasteiger partial charge >= 0.3 is 12.2 Å². The van der Waals surface area contributed by atoms with E-state index in [-0.39, 0.29) is 76.3 Å². The molecule has 1 aromatic carbocycles. The maximum absolute atomic E-state index is 13.8. The second kappa shape index (κ2) is 13.7. The van der Waals surface area contributed by atoms with Crippen LogP contribution in [0.15, 0.2) is 42.7 Å². The summed E-state index contributed by atoms with van der Waals surface area (Å²) in [5.41, 5.74) is 5.59. The summed E-state index contributed by atoms with van der Waals surface area (Å²) in [4.78, 5) is 46.0. The van der Waals surface area contributed by atoms with Gasteiger partial charge in [0.1, 0.15) is 0 Å². The van der Waals surface area contributed by atoms with Gasteiger partial charge in [-0.2, -0.15) is 18.3 Å². The number of carbonyl (C=O) groups excluding carboxylic acids is 3. The van der Waals surface area contributed by atoms with Gasteiger partial charge in [-0.05, 0) is 38.0 Å². The molecule has 0 spiro atoms. The fraction of sp³-hybridized carbons (Fsp3) is 0.414. The van der Waals surface area contributed by atoms with E-state index < -0.39 is 17.8 Å². The molecule has 0 bridgehead atoms. The number of hydrogen-bond donors (Lipinski definition) is 3. The molecule has 1 aliphatic heterocycles. The highest BCUT2D eigenvalue weighted by molar-refractivity contribution is 6.34. The summed E-state index contributed by atoms with van der Waals surface area (Å²) in [6.45, 7) is 6.88. The summed E-state index contributed by atoms with van der Waals surface area (Å²) in [6.07, 6.45) is -0.801. The Bertz CT molecular complexity index is 1640. The van der Waals surface area contributed by atoms with Gasteiger partial charge in [0.25, 0.3) is 11.8 Å². The van der Waals surface area contributed by atoms with Gasteiger partial charge in [0, 0.05) is 57.2 Å². The predicted octanol–water partition coefficient (Wildman–Crippen LogP) is 4.16. The van der Waals surface area contributed by atoms with Crippen LogP contribution in [0, 0.1) is 0 Å². The fourth-order valence-electron chi connectivity index (χ4n) is 5.33. The first-order valence-electron chi connectivity index (χ1n) is 14.2. The number of nitrogens with zero attached hydrogens (tertiary/aromatic N) is 6. The van der Waals surface area contributed by atoms with E-state index in [1.54, 1.807) is 16.7 Å². The smallest absolute Gasteiger partial charge is 0.335 e. The Morgan fingerprint density at radius 2 is 1.78 bits per heavy atom. The Labute approximate surface area is 274 Å². The molecule has 2 fully saturated rings. The van der Waals surface area contributed by atoms with Crippen LogP contribution in [0.3, 0.4) is 0 Å². The summed E-state index contributed by atoms with van der Waals surface area (Å²) < 4.78 is 43.7. The first-order valence-corrected chi connectivity index (χ1v) is 14.6. The van der Waals surface area contributed by atoms with Crippen LogP contribution in [0.1, 0.15) is 46.4 Å². The summed E-state index contributed by atoms with van der Waals surface area (Å²) in [5, 5.41) is 9.35. The van der Waals surface area contributed by atoms with Crippen molar-refractivity contribution in [1.82, 2.24) is 34.4 Å². The molecule has 2 aromatic heterocycles. The van der Waals surface area contributed by atoms with Gasteiger partial charge in [-0.3, -0.25) is 14.3 Å². The topological polar surface area (TPSA) is 143 Å². The van der Waals surface area contributed by atoms with Crippen LogP contribution in [0.2, 0.25) is 5.02 Å². The number of aromatic nitrogens is 4. The van der Waals surface area contributed by atoms with Crippen molar-refractivity contribution in [2.75, 3.05) is 31.5 Å². The average Bonchev–Trinajstić information content (AvgIpc) is 3.54. The molecule has 1 saturated heterocycles. The van der Waals surface area contributed by atoms with E-state index in [0.717, 1.165) is 17.5 Å². The van der Waals surface area contributed by atoms with E-state index in [0.29, 0.717) is 31.8 Å². The highest BCUT2D eigenvalue weighted by Crippen LogP contribution is 2.36. The number of carbonyl (C=O) groups is 3. The summed E-state index contributed by atoms with van der Waals surface area (Å²) in [6, 6.07) is 4.43. The number of piperazine rings is 1. The molecule has 0 atom stereocenters. The number of allylic oxidation sites excluding steroid dienone is 1. The number of alkyl halides is 3. The van der Waals surface area contributed by atoms with Gasteiger partial charge in [-0.25, -0.2) is 9.78 Å². The van der Waals surface area contributed by atoms with Gasteiger partial charge in [0.15, 0.2) is 11.5 Å². The second-order valence-corrected chi connectivity index (χ2v) is 11.8. The van der Waals surface area contributed by atoms with E-state index in [1.807, 2.05) is 0 Å². The van der Waals surface area contributed by atoms with E-state index in [1.165, 1.54) is 42.2 Å². The van der Waals surface area contributed by atoms with Crippen LogP contribution in [0.25, 0.3) is 11.3 Å². The Hall–Kier alpha value is -4.08. The molecule has 4 N–H and O–H groups in total. The van der Waals surface area contributed by atoms with Crippen LogP contribution in [-0.4, -0.2) is 85.2 Å². The zero-order valence-corrected chi connectivity index (χ0v) is 26.7. The number of imidazole rings is 1. The van der Waals surface area contributed by atoms with Crippen molar-refractivity contribution >= 4 is 47.5 Å². The fourth-order valence-corrected chi connectivity index (χ4v) is 5.59. The summed E-state index contributed by atoms with van der Waals surface area (Å²) >= 11 is 6.43. The molecule has 248 valence electrons. The van der Waals surface area contributed by atoms with E-state index in [2.05, 4.69) is 27.3 Å². The number of rotatable bonds is 7. The molecule has 12 nitrogen and oxygen atoms in total. The Morgan fingerprint density at radius 1 is 1.13 bits per heavy atom. The van der Waals surface area contributed by atoms with Gasteiger partial charge in [0.2, 0.25) is 0 Å². The number of amides is 4. The molecule has 1 saturated carbocycles. The Morgan fingerprint density at radius 3 is 2.37 bits per heavy atom. The van der Waals surface area contributed by atoms with Crippen molar-refractivity contribution in [2.24, 2.45) is 12.8 Å². The third-order valence-electron chi connectivity index (χ3n) is 7.74. The minimum absolute atomic E-state index is 0. The lowest BCUT2D eigenvalue weighted by atomic mass is 9.88. The normalized spacial score (nSPS) is 18.0. The molecule has 46 heavy (non-hydrogen) atoms. The molecule has 4 amide bonds. The molecular formula is C29H34Cl2F3N9O3. The lowest BCUT2D eigenvalue weighted by Gasteiger charge is -2.38. The van der Waals surface area contributed by atoms with Crippen molar-refractivity contribution in [3.63, 3.8) is 0 Å². The zero-order chi connectivity index (χ0) is 32.6.